The standard InChI is InChI=1S/C14H12BrClN2OS/c15-11-7-9(14(17)18-19)5-6-13(11)20-8-10-3-1-2-4-12(10)16/h1-7,19H,8H2,(H2,17,18). The fourth-order valence-electron chi connectivity index (χ4n) is 1.61. The molecule has 0 spiro atoms. The lowest BCUT2D eigenvalue weighted by Gasteiger charge is -2.07. The van der Waals surface area contributed by atoms with Gasteiger partial charge in [-0.2, -0.15) is 0 Å². The Balaban J connectivity index is 2.13. The van der Waals surface area contributed by atoms with Crippen molar-refractivity contribution in [3.8, 4) is 0 Å². The molecule has 6 heteroatoms. The van der Waals surface area contributed by atoms with Gasteiger partial charge in [-0.15, -0.1) is 11.8 Å². The average molecular weight is 372 g/mol. The molecule has 0 saturated carbocycles. The fourth-order valence-corrected chi connectivity index (χ4v) is 3.53. The van der Waals surface area contributed by atoms with Crippen molar-refractivity contribution in [2.75, 3.05) is 0 Å². The molecule has 20 heavy (non-hydrogen) atoms. The number of thioether (sulfide) groups is 1. The fraction of sp³-hybridized carbons (Fsp3) is 0.0714. The molecule has 0 bridgehead atoms. The zero-order chi connectivity index (χ0) is 14.5. The molecule has 0 amide bonds. The SMILES string of the molecule is N/C(=N/O)c1ccc(SCc2ccccc2Cl)c(Br)c1. The molecule has 0 radical (unpaired) electrons. The van der Waals surface area contributed by atoms with Crippen molar-refractivity contribution >= 4 is 45.1 Å². The van der Waals surface area contributed by atoms with Crippen molar-refractivity contribution in [1.82, 2.24) is 0 Å². The van der Waals surface area contributed by atoms with E-state index in [9.17, 15) is 0 Å². The molecule has 2 aromatic carbocycles. The van der Waals surface area contributed by atoms with Gasteiger partial charge < -0.3 is 10.9 Å². The van der Waals surface area contributed by atoms with Crippen LogP contribution in [-0.4, -0.2) is 11.0 Å². The Hall–Kier alpha value is -1.17. The zero-order valence-electron chi connectivity index (χ0n) is 10.4. The number of benzene rings is 2. The first-order valence-corrected chi connectivity index (χ1v) is 7.91. The molecule has 104 valence electrons. The van der Waals surface area contributed by atoms with Crippen molar-refractivity contribution in [2.45, 2.75) is 10.6 Å². The molecule has 3 N–H and O–H groups in total. The van der Waals surface area contributed by atoms with E-state index in [4.69, 9.17) is 22.5 Å². The summed E-state index contributed by atoms with van der Waals surface area (Å²) in [5.41, 5.74) is 7.31. The van der Waals surface area contributed by atoms with Crippen molar-refractivity contribution in [1.29, 1.82) is 0 Å². The molecule has 0 aliphatic rings. The van der Waals surface area contributed by atoms with Crippen LogP contribution in [0, 0.1) is 0 Å². The van der Waals surface area contributed by atoms with E-state index >= 15 is 0 Å². The van der Waals surface area contributed by atoms with E-state index < -0.39 is 0 Å². The molecule has 0 aromatic heterocycles. The minimum atomic E-state index is 0.0911. The van der Waals surface area contributed by atoms with Crippen LogP contribution in [-0.2, 0) is 5.75 Å². The van der Waals surface area contributed by atoms with Gasteiger partial charge in [0.05, 0.1) is 0 Å². The van der Waals surface area contributed by atoms with Crippen LogP contribution >= 0.6 is 39.3 Å². The maximum atomic E-state index is 8.66. The van der Waals surface area contributed by atoms with E-state index in [1.807, 2.05) is 42.5 Å². The lowest BCUT2D eigenvalue weighted by molar-refractivity contribution is 0.318. The van der Waals surface area contributed by atoms with Crippen molar-refractivity contribution in [3.05, 3.63) is 63.1 Å². The van der Waals surface area contributed by atoms with Crippen LogP contribution in [0.1, 0.15) is 11.1 Å². The van der Waals surface area contributed by atoms with Crippen molar-refractivity contribution in [3.63, 3.8) is 0 Å². The summed E-state index contributed by atoms with van der Waals surface area (Å²) >= 11 is 11.3. The molecule has 0 aliphatic heterocycles. The van der Waals surface area contributed by atoms with Gasteiger partial charge in [0.1, 0.15) is 0 Å². The average Bonchev–Trinajstić information content (AvgIpc) is 2.46. The number of nitrogens with zero attached hydrogens (tertiary/aromatic N) is 1. The second kappa shape index (κ2) is 7.02. The normalized spacial score (nSPS) is 11.6. The monoisotopic (exact) mass is 370 g/mol. The van der Waals surface area contributed by atoms with Crippen LogP contribution < -0.4 is 5.73 Å². The van der Waals surface area contributed by atoms with Crippen LogP contribution in [0.15, 0.2) is 57.0 Å². The Kier molecular flexibility index (Phi) is 5.34. The van der Waals surface area contributed by atoms with E-state index in [1.165, 1.54) is 0 Å². The Labute approximate surface area is 134 Å². The molecular formula is C14H12BrClN2OS. The Bertz CT molecular complexity index is 649. The smallest absolute Gasteiger partial charge is 0.170 e. The van der Waals surface area contributed by atoms with E-state index in [1.54, 1.807) is 11.8 Å². The second-order valence-electron chi connectivity index (χ2n) is 4.01. The van der Waals surface area contributed by atoms with Gasteiger partial charge in [-0.1, -0.05) is 35.0 Å². The number of halogens is 2. The van der Waals surface area contributed by atoms with E-state index in [0.717, 1.165) is 25.7 Å². The highest BCUT2D eigenvalue weighted by atomic mass is 79.9. The molecule has 0 aliphatic carbocycles. The zero-order valence-corrected chi connectivity index (χ0v) is 13.5. The maximum absolute atomic E-state index is 8.66. The summed E-state index contributed by atoms with van der Waals surface area (Å²) in [7, 11) is 0. The lowest BCUT2D eigenvalue weighted by atomic mass is 10.2. The van der Waals surface area contributed by atoms with Gasteiger partial charge in [-0.05, 0) is 45.8 Å². The van der Waals surface area contributed by atoms with Crippen LogP contribution in [0.25, 0.3) is 0 Å². The van der Waals surface area contributed by atoms with E-state index in [0.29, 0.717) is 5.56 Å². The van der Waals surface area contributed by atoms with Gasteiger partial charge in [-0.3, -0.25) is 0 Å². The minimum absolute atomic E-state index is 0.0911. The van der Waals surface area contributed by atoms with Crippen LogP contribution in [0.2, 0.25) is 5.02 Å². The first-order chi connectivity index (χ1) is 9.61. The Morgan fingerprint density at radius 3 is 2.70 bits per heavy atom. The summed E-state index contributed by atoms with van der Waals surface area (Å²) in [6.07, 6.45) is 0. The Morgan fingerprint density at radius 2 is 2.05 bits per heavy atom. The molecule has 0 saturated heterocycles. The van der Waals surface area contributed by atoms with Gasteiger partial charge in [0.25, 0.3) is 0 Å². The number of rotatable bonds is 4. The van der Waals surface area contributed by atoms with Gasteiger partial charge in [0, 0.05) is 25.7 Å². The molecule has 0 unspecified atom stereocenters. The summed E-state index contributed by atoms with van der Waals surface area (Å²) in [6, 6.07) is 13.3. The van der Waals surface area contributed by atoms with Gasteiger partial charge in [-0.25, -0.2) is 0 Å². The quantitative estimate of drug-likeness (QED) is 0.274. The predicted molar refractivity (Wildman–Crippen MR) is 87.7 cm³/mol. The topological polar surface area (TPSA) is 58.6 Å². The predicted octanol–water partition coefficient (Wildman–Crippen LogP) is 4.49. The molecule has 2 aromatic rings. The third-order valence-corrected chi connectivity index (χ3v) is 5.09. The van der Waals surface area contributed by atoms with Gasteiger partial charge >= 0.3 is 0 Å². The molecule has 0 atom stereocenters. The van der Waals surface area contributed by atoms with Crippen LogP contribution in [0.5, 0.6) is 0 Å². The number of amidine groups is 1. The second-order valence-corrected chi connectivity index (χ2v) is 6.29. The van der Waals surface area contributed by atoms with E-state index in [-0.39, 0.29) is 5.84 Å². The number of hydrogen-bond donors (Lipinski definition) is 2. The highest BCUT2D eigenvalue weighted by molar-refractivity contribution is 9.10. The lowest BCUT2D eigenvalue weighted by Crippen LogP contribution is -2.12. The maximum Gasteiger partial charge on any atom is 0.170 e. The molecule has 3 nitrogen and oxygen atoms in total. The van der Waals surface area contributed by atoms with Crippen molar-refractivity contribution in [2.24, 2.45) is 10.9 Å². The van der Waals surface area contributed by atoms with Gasteiger partial charge in [0.2, 0.25) is 0 Å². The largest absolute Gasteiger partial charge is 0.409 e. The number of hydrogen-bond acceptors (Lipinski definition) is 3. The summed E-state index contributed by atoms with van der Waals surface area (Å²) in [5.74, 6) is 0.870. The highest BCUT2D eigenvalue weighted by Gasteiger charge is 2.07. The van der Waals surface area contributed by atoms with Crippen LogP contribution in [0.4, 0.5) is 0 Å². The molecule has 0 heterocycles. The minimum Gasteiger partial charge on any atom is -0.409 e. The van der Waals surface area contributed by atoms with Gasteiger partial charge in [0.15, 0.2) is 5.84 Å². The highest BCUT2D eigenvalue weighted by Crippen LogP contribution is 2.32. The summed E-state index contributed by atoms with van der Waals surface area (Å²) < 4.78 is 0.902. The first kappa shape index (κ1) is 15.2. The molecular weight excluding hydrogens is 360 g/mol. The van der Waals surface area contributed by atoms with Crippen molar-refractivity contribution < 1.29 is 5.21 Å². The molecule has 2 rings (SSSR count). The summed E-state index contributed by atoms with van der Waals surface area (Å²) in [4.78, 5) is 1.07. The third kappa shape index (κ3) is 3.69. The summed E-state index contributed by atoms with van der Waals surface area (Å²) in [6.45, 7) is 0. The molecule has 0 fully saturated rings. The Morgan fingerprint density at radius 1 is 1.30 bits per heavy atom. The van der Waals surface area contributed by atoms with Crippen LogP contribution in [0.3, 0.4) is 0 Å². The number of nitrogens with two attached hydrogens (primary N) is 1. The number of oxime groups is 1. The third-order valence-electron chi connectivity index (χ3n) is 2.68. The first-order valence-electron chi connectivity index (χ1n) is 5.75. The van der Waals surface area contributed by atoms with E-state index in [2.05, 4.69) is 21.1 Å². The summed E-state index contributed by atoms with van der Waals surface area (Å²) in [5, 5.41) is 12.4.